The van der Waals surface area contributed by atoms with Gasteiger partial charge < -0.3 is 4.90 Å². The monoisotopic (exact) mass is 304 g/mol. The van der Waals surface area contributed by atoms with E-state index in [-0.39, 0.29) is 0 Å². The van der Waals surface area contributed by atoms with E-state index in [9.17, 15) is 0 Å². The Labute approximate surface area is 136 Å². The topological polar surface area (TPSA) is 32.3 Å². The summed E-state index contributed by atoms with van der Waals surface area (Å²) in [5, 5.41) is 1.20. The number of pyridine rings is 2. The highest BCUT2D eigenvalue weighted by Gasteiger charge is 2.17. The second-order valence-electron chi connectivity index (χ2n) is 5.98. The van der Waals surface area contributed by atoms with E-state index in [2.05, 4.69) is 56.2 Å². The van der Waals surface area contributed by atoms with Gasteiger partial charge in [-0.15, -0.1) is 0 Å². The van der Waals surface area contributed by atoms with E-state index < -0.39 is 0 Å². The minimum atomic E-state index is 0.989. The lowest BCUT2D eigenvalue weighted by molar-refractivity contribution is 0.249. The Bertz CT molecular complexity index is 779. The molecule has 1 aliphatic rings. The van der Waals surface area contributed by atoms with Gasteiger partial charge in [0.1, 0.15) is 5.82 Å². The second kappa shape index (κ2) is 6.34. The summed E-state index contributed by atoms with van der Waals surface area (Å²) in [5.74, 6) is 1.09. The fourth-order valence-corrected chi connectivity index (χ4v) is 3.14. The number of rotatable bonds is 3. The van der Waals surface area contributed by atoms with Crippen LogP contribution in [0.3, 0.4) is 0 Å². The normalized spacial score (nSPS) is 15.9. The lowest BCUT2D eigenvalue weighted by Crippen LogP contribution is -2.46. The fourth-order valence-electron chi connectivity index (χ4n) is 3.14. The number of hydrogen-bond acceptors (Lipinski definition) is 4. The zero-order valence-electron chi connectivity index (χ0n) is 13.1. The third-order valence-electron chi connectivity index (χ3n) is 4.42. The first-order valence-electron chi connectivity index (χ1n) is 8.10. The number of nitrogens with zero attached hydrogens (tertiary/aromatic N) is 4. The van der Waals surface area contributed by atoms with Crippen molar-refractivity contribution >= 4 is 16.7 Å². The summed E-state index contributed by atoms with van der Waals surface area (Å²) in [6.45, 7) is 5.18. The van der Waals surface area contributed by atoms with Gasteiger partial charge in [-0.3, -0.25) is 9.88 Å². The SMILES string of the molecule is c1ccc(N2CCN(Cc3ccc4cccnc4c3)CC2)nc1. The standard InChI is InChI=1S/C19H20N4/c1-2-8-21-19(5-1)23-12-10-22(11-13-23)15-16-6-7-17-4-3-9-20-18(17)14-16/h1-9,14H,10-13,15H2. The third kappa shape index (κ3) is 3.17. The summed E-state index contributed by atoms with van der Waals surface area (Å²) >= 11 is 0. The Morgan fingerprint density at radius 2 is 1.70 bits per heavy atom. The summed E-state index contributed by atoms with van der Waals surface area (Å²) in [6.07, 6.45) is 3.72. The minimum Gasteiger partial charge on any atom is -0.354 e. The van der Waals surface area contributed by atoms with Crippen LogP contribution in [0.2, 0.25) is 0 Å². The van der Waals surface area contributed by atoms with E-state index in [0.29, 0.717) is 0 Å². The maximum Gasteiger partial charge on any atom is 0.128 e. The first-order chi connectivity index (χ1) is 11.4. The summed E-state index contributed by atoms with van der Waals surface area (Å²) < 4.78 is 0. The molecule has 4 rings (SSSR count). The van der Waals surface area contributed by atoms with Crippen molar-refractivity contribution in [2.75, 3.05) is 31.1 Å². The second-order valence-corrected chi connectivity index (χ2v) is 5.98. The molecule has 1 aliphatic heterocycles. The van der Waals surface area contributed by atoms with Gasteiger partial charge in [-0.05, 0) is 29.8 Å². The molecule has 1 saturated heterocycles. The highest BCUT2D eigenvalue weighted by Crippen LogP contribution is 2.17. The quantitative estimate of drug-likeness (QED) is 0.745. The van der Waals surface area contributed by atoms with Gasteiger partial charge >= 0.3 is 0 Å². The maximum absolute atomic E-state index is 4.45. The molecule has 3 aromatic rings. The van der Waals surface area contributed by atoms with Crippen LogP contribution in [0.1, 0.15) is 5.56 Å². The van der Waals surface area contributed by atoms with Crippen molar-refractivity contribution in [1.82, 2.24) is 14.9 Å². The summed E-state index contributed by atoms with van der Waals surface area (Å²) in [5.41, 5.74) is 2.42. The van der Waals surface area contributed by atoms with Crippen LogP contribution in [0.4, 0.5) is 5.82 Å². The van der Waals surface area contributed by atoms with Gasteiger partial charge in [0.15, 0.2) is 0 Å². The first-order valence-corrected chi connectivity index (χ1v) is 8.10. The smallest absolute Gasteiger partial charge is 0.128 e. The number of anilines is 1. The van der Waals surface area contributed by atoms with Crippen LogP contribution in [-0.2, 0) is 6.54 Å². The molecule has 4 heteroatoms. The Kier molecular flexibility index (Phi) is 3.90. The molecule has 1 aromatic carbocycles. The van der Waals surface area contributed by atoms with Crippen LogP contribution in [0.5, 0.6) is 0 Å². The minimum absolute atomic E-state index is 0.989. The average Bonchev–Trinajstić information content (AvgIpc) is 2.63. The number of piperazine rings is 1. The molecule has 23 heavy (non-hydrogen) atoms. The van der Waals surface area contributed by atoms with E-state index >= 15 is 0 Å². The predicted octanol–water partition coefficient (Wildman–Crippen LogP) is 2.95. The average molecular weight is 304 g/mol. The van der Waals surface area contributed by atoms with Gasteiger partial charge in [0.05, 0.1) is 5.52 Å². The van der Waals surface area contributed by atoms with Crippen molar-refractivity contribution in [3.05, 3.63) is 66.5 Å². The molecule has 0 N–H and O–H groups in total. The van der Waals surface area contributed by atoms with Crippen LogP contribution in [0.15, 0.2) is 60.9 Å². The molecule has 0 radical (unpaired) electrons. The molecule has 0 unspecified atom stereocenters. The molecular weight excluding hydrogens is 284 g/mol. The number of fused-ring (bicyclic) bond motifs is 1. The van der Waals surface area contributed by atoms with Crippen molar-refractivity contribution in [3.8, 4) is 0 Å². The van der Waals surface area contributed by atoms with E-state index in [1.54, 1.807) is 0 Å². The van der Waals surface area contributed by atoms with E-state index in [1.165, 1.54) is 10.9 Å². The van der Waals surface area contributed by atoms with Crippen LogP contribution in [-0.4, -0.2) is 41.0 Å². The number of hydrogen-bond donors (Lipinski definition) is 0. The molecular formula is C19H20N4. The van der Waals surface area contributed by atoms with E-state index in [4.69, 9.17) is 0 Å². The van der Waals surface area contributed by atoms with Gasteiger partial charge in [-0.25, -0.2) is 4.98 Å². The highest BCUT2D eigenvalue weighted by atomic mass is 15.3. The molecule has 0 aliphatic carbocycles. The van der Waals surface area contributed by atoms with Crippen LogP contribution in [0.25, 0.3) is 10.9 Å². The maximum atomic E-state index is 4.45. The van der Waals surface area contributed by atoms with Gasteiger partial charge in [-0.2, -0.15) is 0 Å². The third-order valence-corrected chi connectivity index (χ3v) is 4.42. The Hall–Kier alpha value is -2.46. The van der Waals surface area contributed by atoms with Crippen LogP contribution < -0.4 is 4.90 Å². The summed E-state index contributed by atoms with van der Waals surface area (Å²) in [6, 6.07) is 16.8. The molecule has 3 heterocycles. The lowest BCUT2D eigenvalue weighted by Gasteiger charge is -2.35. The Morgan fingerprint density at radius 1 is 0.826 bits per heavy atom. The summed E-state index contributed by atoms with van der Waals surface area (Å²) in [4.78, 5) is 13.8. The lowest BCUT2D eigenvalue weighted by atomic mass is 10.1. The van der Waals surface area contributed by atoms with Gasteiger partial charge in [0.2, 0.25) is 0 Å². The van der Waals surface area contributed by atoms with Crippen molar-refractivity contribution < 1.29 is 0 Å². The molecule has 0 amide bonds. The van der Waals surface area contributed by atoms with Crippen molar-refractivity contribution in [2.45, 2.75) is 6.54 Å². The number of aromatic nitrogens is 2. The zero-order valence-corrected chi connectivity index (χ0v) is 13.1. The molecule has 0 bridgehead atoms. The molecule has 0 atom stereocenters. The number of benzene rings is 1. The molecule has 0 spiro atoms. The Balaban J connectivity index is 1.40. The summed E-state index contributed by atoms with van der Waals surface area (Å²) in [7, 11) is 0. The predicted molar refractivity (Wildman–Crippen MR) is 93.5 cm³/mol. The molecule has 4 nitrogen and oxygen atoms in total. The van der Waals surface area contributed by atoms with Crippen molar-refractivity contribution in [2.24, 2.45) is 0 Å². The zero-order chi connectivity index (χ0) is 15.5. The van der Waals surface area contributed by atoms with E-state index in [0.717, 1.165) is 44.1 Å². The molecule has 1 fully saturated rings. The van der Waals surface area contributed by atoms with Gasteiger partial charge in [-0.1, -0.05) is 24.3 Å². The van der Waals surface area contributed by atoms with Gasteiger partial charge in [0.25, 0.3) is 0 Å². The first kappa shape index (κ1) is 14.2. The van der Waals surface area contributed by atoms with E-state index in [1.807, 2.05) is 24.5 Å². The molecule has 2 aromatic heterocycles. The van der Waals surface area contributed by atoms with Crippen LogP contribution in [0, 0.1) is 0 Å². The fraction of sp³-hybridized carbons (Fsp3) is 0.263. The largest absolute Gasteiger partial charge is 0.354 e. The molecule has 116 valence electrons. The van der Waals surface area contributed by atoms with Crippen molar-refractivity contribution in [3.63, 3.8) is 0 Å². The Morgan fingerprint density at radius 3 is 2.52 bits per heavy atom. The van der Waals surface area contributed by atoms with Crippen molar-refractivity contribution in [1.29, 1.82) is 0 Å². The van der Waals surface area contributed by atoms with Crippen LogP contribution >= 0.6 is 0 Å². The molecule has 0 saturated carbocycles. The highest BCUT2D eigenvalue weighted by molar-refractivity contribution is 5.78. The van der Waals surface area contributed by atoms with Gasteiger partial charge in [0, 0.05) is 50.5 Å².